The molecule has 2 aromatic rings. The average Bonchev–Trinajstić information content (AvgIpc) is 2.40. The molecule has 2 radical (unpaired) electrons. The molecule has 2 nitrogen and oxygen atoms in total. The van der Waals surface area contributed by atoms with Gasteiger partial charge in [-0.3, -0.25) is 4.79 Å². The molecule has 0 saturated carbocycles. The molecule has 2 aromatic carbocycles. The molecule has 0 aliphatic heterocycles. The summed E-state index contributed by atoms with van der Waals surface area (Å²) in [6.07, 6.45) is 0. The Labute approximate surface area is 120 Å². The summed E-state index contributed by atoms with van der Waals surface area (Å²) in [6, 6.07) is 13.0. The third-order valence-electron chi connectivity index (χ3n) is 2.63. The molecule has 1 unspecified atom stereocenters. The van der Waals surface area contributed by atoms with Crippen LogP contribution >= 0.6 is 20.8 Å². The first kappa shape index (κ1) is 14.1. The molecule has 0 amide bonds. The van der Waals surface area contributed by atoms with Crippen molar-refractivity contribution < 1.29 is 9.53 Å². The van der Waals surface area contributed by atoms with Crippen molar-refractivity contribution in [2.24, 2.45) is 0 Å². The van der Waals surface area contributed by atoms with Crippen molar-refractivity contribution in [3.05, 3.63) is 53.6 Å². The molecule has 0 bridgehead atoms. The number of benzene rings is 2. The molecule has 0 N–H and O–H groups in total. The van der Waals surface area contributed by atoms with E-state index in [0.29, 0.717) is 28.7 Å². The Hall–Kier alpha value is -1.31. The number of ether oxygens (including phenoxy) is 1. The lowest BCUT2D eigenvalue weighted by Crippen LogP contribution is -2.17. The zero-order chi connectivity index (χ0) is 13.8. The topological polar surface area (TPSA) is 26.3 Å². The maximum absolute atomic E-state index is 11.2. The number of hydrogen-bond donors (Lipinski definition) is 0. The Bertz CT molecular complexity index is 602. The SMILES string of the molecule is [B]c1cc(C(=O)Cl)c(P)cc1OCc1ccccc1. The van der Waals surface area contributed by atoms with Gasteiger partial charge in [0, 0.05) is 5.56 Å². The summed E-state index contributed by atoms with van der Waals surface area (Å²) in [5.41, 5.74) is 1.81. The van der Waals surface area contributed by atoms with Gasteiger partial charge >= 0.3 is 0 Å². The second-order valence-corrected chi connectivity index (χ2v) is 4.99. The van der Waals surface area contributed by atoms with Gasteiger partial charge in [0.05, 0.1) is 0 Å². The van der Waals surface area contributed by atoms with Gasteiger partial charge in [0.2, 0.25) is 0 Å². The minimum atomic E-state index is -0.536. The summed E-state index contributed by atoms with van der Waals surface area (Å²) < 4.78 is 5.65. The van der Waals surface area contributed by atoms with Crippen molar-refractivity contribution in [3.8, 4) is 5.75 Å². The molecule has 19 heavy (non-hydrogen) atoms. The molecule has 0 spiro atoms. The van der Waals surface area contributed by atoms with Crippen molar-refractivity contribution in [3.63, 3.8) is 0 Å². The number of hydrogen-bond acceptors (Lipinski definition) is 2. The van der Waals surface area contributed by atoms with E-state index in [-0.39, 0.29) is 0 Å². The Morgan fingerprint density at radius 3 is 2.58 bits per heavy atom. The van der Waals surface area contributed by atoms with Crippen LogP contribution in [0.4, 0.5) is 0 Å². The summed E-state index contributed by atoms with van der Waals surface area (Å²) in [7, 11) is 8.30. The van der Waals surface area contributed by atoms with E-state index in [2.05, 4.69) is 9.24 Å². The molecule has 94 valence electrons. The van der Waals surface area contributed by atoms with Gasteiger partial charge in [0.15, 0.2) is 0 Å². The van der Waals surface area contributed by atoms with E-state index in [4.69, 9.17) is 24.2 Å². The van der Waals surface area contributed by atoms with Gasteiger partial charge in [-0.05, 0) is 28.5 Å². The first-order valence-electron chi connectivity index (χ1n) is 5.63. The van der Waals surface area contributed by atoms with Crippen LogP contribution in [-0.4, -0.2) is 13.1 Å². The molecule has 0 saturated heterocycles. The highest BCUT2D eigenvalue weighted by Crippen LogP contribution is 2.13. The number of rotatable bonds is 4. The molecular formula is C14H11BClO2P. The zero-order valence-electron chi connectivity index (χ0n) is 10.1. The van der Waals surface area contributed by atoms with Crippen molar-refractivity contribution in [1.29, 1.82) is 0 Å². The van der Waals surface area contributed by atoms with E-state index in [1.54, 1.807) is 6.07 Å². The van der Waals surface area contributed by atoms with Crippen LogP contribution < -0.4 is 15.5 Å². The zero-order valence-corrected chi connectivity index (χ0v) is 12.0. The number of carbonyl (C=O) groups is 1. The molecule has 2 rings (SSSR count). The van der Waals surface area contributed by atoms with Crippen LogP contribution in [0.25, 0.3) is 0 Å². The largest absolute Gasteiger partial charge is 0.490 e. The highest BCUT2D eigenvalue weighted by Gasteiger charge is 2.10. The number of halogens is 1. The quantitative estimate of drug-likeness (QED) is 0.488. The highest BCUT2D eigenvalue weighted by molar-refractivity contribution is 7.28. The predicted octanol–water partition coefficient (Wildman–Crippen LogP) is 1.94. The maximum Gasteiger partial charge on any atom is 0.252 e. The smallest absolute Gasteiger partial charge is 0.252 e. The van der Waals surface area contributed by atoms with Crippen molar-refractivity contribution >= 4 is 44.7 Å². The van der Waals surface area contributed by atoms with E-state index >= 15 is 0 Å². The summed E-state index contributed by atoms with van der Waals surface area (Å²) in [5, 5.41) is 0.128. The molecular weight excluding hydrogens is 277 g/mol. The maximum atomic E-state index is 11.2. The van der Waals surface area contributed by atoms with Gasteiger partial charge in [-0.2, -0.15) is 0 Å². The van der Waals surface area contributed by atoms with Crippen LogP contribution in [0.1, 0.15) is 15.9 Å². The fourth-order valence-corrected chi connectivity index (χ4v) is 2.26. The summed E-state index contributed by atoms with van der Waals surface area (Å²) in [5.74, 6) is 0.538. The standard InChI is InChI=1S/C14H11BClO2P/c15-11-6-10(14(16)17)13(19)7-12(11)18-8-9-4-2-1-3-5-9/h1-7H,8,19H2. The Balaban J connectivity index is 2.17. The third kappa shape index (κ3) is 3.59. The summed E-state index contributed by atoms with van der Waals surface area (Å²) in [6.45, 7) is 0.420. The fraction of sp³-hybridized carbons (Fsp3) is 0.0714. The lowest BCUT2D eigenvalue weighted by Gasteiger charge is -2.12. The first-order valence-corrected chi connectivity index (χ1v) is 6.59. The van der Waals surface area contributed by atoms with Crippen LogP contribution in [0.3, 0.4) is 0 Å². The monoisotopic (exact) mass is 288 g/mol. The highest BCUT2D eigenvalue weighted by atomic mass is 35.5. The predicted molar refractivity (Wildman–Crippen MR) is 82.1 cm³/mol. The minimum absolute atomic E-state index is 0.372. The van der Waals surface area contributed by atoms with E-state index in [1.165, 1.54) is 6.07 Å². The number of carbonyl (C=O) groups excluding carboxylic acids is 1. The Morgan fingerprint density at radius 2 is 1.95 bits per heavy atom. The van der Waals surface area contributed by atoms with Gasteiger partial charge in [-0.1, -0.05) is 41.9 Å². The molecule has 1 atom stereocenters. The second kappa shape index (κ2) is 6.23. The van der Waals surface area contributed by atoms with Gasteiger partial charge in [-0.25, -0.2) is 0 Å². The van der Waals surface area contributed by atoms with E-state index in [0.717, 1.165) is 5.56 Å². The molecule has 5 heteroatoms. The lowest BCUT2D eigenvalue weighted by molar-refractivity contribution is 0.108. The van der Waals surface area contributed by atoms with Crippen molar-refractivity contribution in [2.75, 3.05) is 0 Å². The molecule has 0 fully saturated rings. The van der Waals surface area contributed by atoms with Crippen molar-refractivity contribution in [2.45, 2.75) is 6.61 Å². The lowest BCUT2D eigenvalue weighted by atomic mass is 9.93. The fourth-order valence-electron chi connectivity index (χ4n) is 1.64. The van der Waals surface area contributed by atoms with Gasteiger partial charge in [0.25, 0.3) is 5.24 Å². The third-order valence-corrected chi connectivity index (χ3v) is 3.31. The van der Waals surface area contributed by atoms with Crippen LogP contribution in [0.2, 0.25) is 0 Å². The van der Waals surface area contributed by atoms with Crippen LogP contribution in [0.15, 0.2) is 42.5 Å². The van der Waals surface area contributed by atoms with E-state index < -0.39 is 5.24 Å². The first-order chi connectivity index (χ1) is 9.08. The van der Waals surface area contributed by atoms with Crippen LogP contribution in [0.5, 0.6) is 5.75 Å². The normalized spacial score (nSPS) is 10.2. The average molecular weight is 288 g/mol. The van der Waals surface area contributed by atoms with Gasteiger partial charge < -0.3 is 4.74 Å². The molecule has 0 aromatic heterocycles. The Kier molecular flexibility index (Phi) is 4.63. The second-order valence-electron chi connectivity index (χ2n) is 4.03. The summed E-state index contributed by atoms with van der Waals surface area (Å²) >= 11 is 5.46. The Morgan fingerprint density at radius 1 is 1.26 bits per heavy atom. The van der Waals surface area contributed by atoms with Crippen molar-refractivity contribution in [1.82, 2.24) is 0 Å². The molecule has 0 aliphatic rings. The molecule has 0 aliphatic carbocycles. The summed E-state index contributed by atoms with van der Waals surface area (Å²) in [4.78, 5) is 11.2. The van der Waals surface area contributed by atoms with Gasteiger partial charge in [0.1, 0.15) is 20.2 Å². The molecule has 0 heterocycles. The van der Waals surface area contributed by atoms with Crippen LogP contribution in [0, 0.1) is 0 Å². The van der Waals surface area contributed by atoms with E-state index in [1.807, 2.05) is 30.3 Å². The van der Waals surface area contributed by atoms with Gasteiger partial charge in [-0.15, -0.1) is 9.24 Å². The van der Waals surface area contributed by atoms with Crippen LogP contribution in [-0.2, 0) is 6.61 Å². The van der Waals surface area contributed by atoms with E-state index in [9.17, 15) is 4.79 Å². The minimum Gasteiger partial charge on any atom is -0.490 e.